The van der Waals surface area contributed by atoms with Crippen LogP contribution in [0.4, 0.5) is 5.69 Å². The van der Waals surface area contributed by atoms with E-state index in [0.717, 1.165) is 60.4 Å². The number of thiophene rings is 1. The van der Waals surface area contributed by atoms with Crippen LogP contribution in [0, 0.1) is 0 Å². The zero-order chi connectivity index (χ0) is 21.9. The average molecular weight is 487 g/mol. The Kier molecular flexibility index (Phi) is 6.87. The Hall–Kier alpha value is -1.81. The summed E-state index contributed by atoms with van der Waals surface area (Å²) in [6.07, 6.45) is 3.16. The molecule has 1 amide bonds. The van der Waals surface area contributed by atoms with Crippen LogP contribution in [0.25, 0.3) is 10.2 Å². The highest BCUT2D eigenvalue weighted by Crippen LogP contribution is 2.34. The lowest BCUT2D eigenvalue weighted by Crippen LogP contribution is -2.32. The number of thioether (sulfide) groups is 2. The summed E-state index contributed by atoms with van der Waals surface area (Å²) >= 11 is 5.11. The van der Waals surface area contributed by atoms with Crippen molar-refractivity contribution >= 4 is 56.7 Å². The van der Waals surface area contributed by atoms with Gasteiger partial charge in [0.05, 0.1) is 16.9 Å². The molecule has 1 aliphatic carbocycles. The monoisotopic (exact) mass is 486 g/mol. The molecule has 2 N–H and O–H groups in total. The van der Waals surface area contributed by atoms with Gasteiger partial charge in [-0.15, -0.1) is 23.1 Å². The molecule has 0 spiro atoms. The minimum atomic E-state index is -0.0421. The van der Waals surface area contributed by atoms with E-state index in [1.165, 1.54) is 33.7 Å². The first-order valence-electron chi connectivity index (χ1n) is 11.0. The van der Waals surface area contributed by atoms with Crippen LogP contribution in [0.5, 0.6) is 0 Å². The van der Waals surface area contributed by atoms with Crippen molar-refractivity contribution < 1.29 is 4.79 Å². The van der Waals surface area contributed by atoms with Crippen LogP contribution < -0.4 is 10.9 Å². The standard InChI is InChI=1S/C23H26N4O2S3/c28-20(24-17-6-2-1-4-15(17)12-27-8-10-30-11-9-27)14-31-13-19-25-22(29)21-16-5-3-7-18(16)32-23(21)26-19/h1-2,4,6H,3,5,7-14H2,(H,24,28)(H,25,26,29). The number of nitrogens with one attached hydrogen (secondary N) is 2. The van der Waals surface area contributed by atoms with Gasteiger partial charge in [0.2, 0.25) is 5.91 Å². The maximum absolute atomic E-state index is 12.6. The van der Waals surface area contributed by atoms with Gasteiger partial charge in [-0.1, -0.05) is 18.2 Å². The predicted octanol–water partition coefficient (Wildman–Crippen LogP) is 3.89. The van der Waals surface area contributed by atoms with E-state index in [2.05, 4.69) is 26.3 Å². The Balaban J connectivity index is 1.18. The second-order valence-corrected chi connectivity index (χ2v) is 11.4. The van der Waals surface area contributed by atoms with E-state index in [0.29, 0.717) is 17.3 Å². The van der Waals surface area contributed by atoms with Crippen molar-refractivity contribution in [3.63, 3.8) is 0 Å². The number of para-hydroxylation sites is 1. The van der Waals surface area contributed by atoms with Crippen molar-refractivity contribution in [3.05, 3.63) is 56.4 Å². The minimum Gasteiger partial charge on any atom is -0.325 e. The highest BCUT2D eigenvalue weighted by Gasteiger charge is 2.21. The smallest absolute Gasteiger partial charge is 0.259 e. The predicted molar refractivity (Wildman–Crippen MR) is 136 cm³/mol. The molecular formula is C23H26N4O2S3. The first-order valence-corrected chi connectivity index (χ1v) is 14.1. The maximum Gasteiger partial charge on any atom is 0.259 e. The van der Waals surface area contributed by atoms with Gasteiger partial charge in [-0.3, -0.25) is 14.5 Å². The molecule has 168 valence electrons. The van der Waals surface area contributed by atoms with E-state index >= 15 is 0 Å². The fourth-order valence-electron chi connectivity index (χ4n) is 4.32. The topological polar surface area (TPSA) is 78.1 Å². The van der Waals surface area contributed by atoms with Crippen molar-refractivity contribution in [1.82, 2.24) is 14.9 Å². The molecule has 0 bridgehead atoms. The van der Waals surface area contributed by atoms with Gasteiger partial charge in [-0.2, -0.15) is 11.8 Å². The van der Waals surface area contributed by atoms with Crippen LogP contribution in [0.15, 0.2) is 29.1 Å². The van der Waals surface area contributed by atoms with Crippen molar-refractivity contribution in [2.75, 3.05) is 35.7 Å². The SMILES string of the molecule is O=C(CSCc1nc2sc3c(c2c(=O)[nH]1)CCC3)Nc1ccccc1CN1CCSCC1. The number of fused-ring (bicyclic) bond motifs is 3. The van der Waals surface area contributed by atoms with Crippen LogP contribution in [0.3, 0.4) is 0 Å². The van der Waals surface area contributed by atoms with Crippen LogP contribution in [-0.2, 0) is 29.9 Å². The summed E-state index contributed by atoms with van der Waals surface area (Å²) in [5, 5.41) is 3.85. The number of benzene rings is 1. The fraction of sp³-hybridized carbons (Fsp3) is 0.435. The van der Waals surface area contributed by atoms with E-state index < -0.39 is 0 Å². The van der Waals surface area contributed by atoms with Gasteiger partial charge in [0.15, 0.2) is 0 Å². The Bertz CT molecular complexity index is 1180. The summed E-state index contributed by atoms with van der Waals surface area (Å²) in [5.74, 6) is 3.77. The number of carbonyl (C=O) groups excluding carboxylic acids is 1. The molecule has 3 aromatic rings. The zero-order valence-electron chi connectivity index (χ0n) is 17.8. The summed E-state index contributed by atoms with van der Waals surface area (Å²) in [6, 6.07) is 8.05. The van der Waals surface area contributed by atoms with Gasteiger partial charge >= 0.3 is 0 Å². The lowest BCUT2D eigenvalue weighted by molar-refractivity contribution is -0.113. The Labute approximate surface area is 199 Å². The molecule has 0 atom stereocenters. The Morgan fingerprint density at radius 1 is 1.22 bits per heavy atom. The fourth-order valence-corrected chi connectivity index (χ4v) is 7.27. The van der Waals surface area contributed by atoms with E-state index in [4.69, 9.17) is 0 Å². The lowest BCUT2D eigenvalue weighted by Gasteiger charge is -2.27. The molecule has 6 nitrogen and oxygen atoms in total. The molecule has 1 saturated heterocycles. The van der Waals surface area contributed by atoms with Crippen LogP contribution in [0.1, 0.15) is 28.2 Å². The van der Waals surface area contributed by atoms with Crippen LogP contribution in [0.2, 0.25) is 0 Å². The third kappa shape index (κ3) is 4.90. The van der Waals surface area contributed by atoms with Crippen molar-refractivity contribution in [2.24, 2.45) is 0 Å². The normalized spacial score (nSPS) is 16.4. The summed E-state index contributed by atoms with van der Waals surface area (Å²) in [4.78, 5) is 37.3. The zero-order valence-corrected chi connectivity index (χ0v) is 20.3. The van der Waals surface area contributed by atoms with Gasteiger partial charge in [0.1, 0.15) is 10.7 Å². The first-order chi connectivity index (χ1) is 15.7. The van der Waals surface area contributed by atoms with Gasteiger partial charge in [0, 0.05) is 41.7 Å². The van der Waals surface area contributed by atoms with Gasteiger partial charge in [-0.05, 0) is 36.5 Å². The Morgan fingerprint density at radius 2 is 2.06 bits per heavy atom. The molecule has 1 aromatic carbocycles. The summed E-state index contributed by atoms with van der Waals surface area (Å²) < 4.78 is 0. The summed E-state index contributed by atoms with van der Waals surface area (Å²) in [6.45, 7) is 3.04. The first kappa shape index (κ1) is 22.0. The van der Waals surface area contributed by atoms with Crippen molar-refractivity contribution in [3.8, 4) is 0 Å². The lowest BCUT2D eigenvalue weighted by atomic mass is 10.1. The third-order valence-corrected chi connectivity index (χ3v) is 8.96. The molecule has 9 heteroatoms. The number of rotatable bonds is 7. The van der Waals surface area contributed by atoms with E-state index in [1.807, 2.05) is 30.0 Å². The number of aryl methyl sites for hydroxylation is 2. The third-order valence-electron chi connectivity index (χ3n) is 5.89. The number of amides is 1. The molecule has 1 fully saturated rings. The van der Waals surface area contributed by atoms with Gasteiger partial charge < -0.3 is 10.3 Å². The van der Waals surface area contributed by atoms with E-state index in [-0.39, 0.29) is 11.5 Å². The molecule has 3 heterocycles. The number of carbonyl (C=O) groups is 1. The number of H-pyrrole nitrogens is 1. The second kappa shape index (κ2) is 9.99. The number of aromatic amines is 1. The quantitative estimate of drug-likeness (QED) is 0.528. The van der Waals surface area contributed by atoms with Crippen molar-refractivity contribution in [2.45, 2.75) is 31.6 Å². The van der Waals surface area contributed by atoms with Crippen molar-refractivity contribution in [1.29, 1.82) is 0 Å². The summed E-state index contributed by atoms with van der Waals surface area (Å²) in [7, 11) is 0. The summed E-state index contributed by atoms with van der Waals surface area (Å²) in [5.41, 5.74) is 3.19. The van der Waals surface area contributed by atoms with Gasteiger partial charge in [-0.25, -0.2) is 4.98 Å². The van der Waals surface area contributed by atoms with Gasteiger partial charge in [0.25, 0.3) is 5.56 Å². The Morgan fingerprint density at radius 3 is 2.94 bits per heavy atom. The minimum absolute atomic E-state index is 0.0322. The van der Waals surface area contributed by atoms with Crippen LogP contribution in [-0.4, -0.2) is 51.1 Å². The molecular weight excluding hydrogens is 460 g/mol. The number of hydrogen-bond acceptors (Lipinski definition) is 7. The molecule has 5 rings (SSSR count). The molecule has 2 aromatic heterocycles. The number of aromatic nitrogens is 2. The largest absolute Gasteiger partial charge is 0.325 e. The average Bonchev–Trinajstić information content (AvgIpc) is 3.37. The van der Waals surface area contributed by atoms with E-state index in [1.54, 1.807) is 11.3 Å². The molecule has 0 saturated carbocycles. The number of nitrogens with zero attached hydrogens (tertiary/aromatic N) is 2. The maximum atomic E-state index is 12.6. The number of anilines is 1. The molecule has 2 aliphatic rings. The second-order valence-electron chi connectivity index (χ2n) is 8.14. The van der Waals surface area contributed by atoms with E-state index in [9.17, 15) is 9.59 Å². The number of hydrogen-bond donors (Lipinski definition) is 2. The highest BCUT2D eigenvalue weighted by molar-refractivity contribution is 7.99. The molecule has 1 aliphatic heterocycles. The highest BCUT2D eigenvalue weighted by atomic mass is 32.2. The van der Waals surface area contributed by atoms with Crippen LogP contribution >= 0.6 is 34.9 Å². The molecule has 0 unspecified atom stereocenters. The molecule has 0 radical (unpaired) electrons. The molecule has 32 heavy (non-hydrogen) atoms.